The topological polar surface area (TPSA) is 83.6 Å². The lowest BCUT2D eigenvalue weighted by atomic mass is 10.0. The Kier molecular flexibility index (Phi) is 8.12. The molecule has 0 bridgehead atoms. The molecule has 3 rings (SSSR count). The first-order chi connectivity index (χ1) is 14.8. The number of halogens is 2. The van der Waals surface area contributed by atoms with Gasteiger partial charge in [0.15, 0.2) is 0 Å². The van der Waals surface area contributed by atoms with E-state index < -0.39 is 11.9 Å². The van der Waals surface area contributed by atoms with Crippen LogP contribution in [0.15, 0.2) is 36.5 Å². The van der Waals surface area contributed by atoms with E-state index in [2.05, 4.69) is 20.5 Å². The lowest BCUT2D eigenvalue weighted by Gasteiger charge is -2.27. The Balaban J connectivity index is 1.58. The summed E-state index contributed by atoms with van der Waals surface area (Å²) in [5, 5.41) is 6.32. The van der Waals surface area contributed by atoms with Crippen molar-refractivity contribution in [1.29, 1.82) is 0 Å². The fraction of sp³-hybridized carbons (Fsp3) is 0.409. The van der Waals surface area contributed by atoms with E-state index in [9.17, 15) is 9.59 Å². The Labute approximate surface area is 192 Å². The first-order valence-corrected chi connectivity index (χ1v) is 10.9. The minimum absolute atomic E-state index is 0.114. The molecule has 1 atom stereocenters. The number of anilines is 1. The number of aromatic nitrogens is 1. The van der Waals surface area contributed by atoms with Crippen LogP contribution in [0.25, 0.3) is 0 Å². The van der Waals surface area contributed by atoms with Gasteiger partial charge in [-0.1, -0.05) is 43.1 Å². The number of carbonyl (C=O) groups excluding carboxylic acids is 2. The third-order valence-electron chi connectivity index (χ3n) is 5.02. The standard InChI is InChI=1S/C22H26Cl2N4O3/c1-14(2)20(27-21(29)17-5-4-16(23)11-18(17)24)22(30)26-13-15-3-6-19(25-12-15)28-7-9-31-10-8-28/h3-6,11-12,14,20H,7-10,13H2,1-2H3,(H,26,30)(H,27,29)/t20-/m1/s1. The van der Waals surface area contributed by atoms with Crippen LogP contribution in [-0.4, -0.2) is 49.1 Å². The Hall–Kier alpha value is -2.35. The third-order valence-corrected chi connectivity index (χ3v) is 5.57. The number of morpholine rings is 1. The average Bonchev–Trinajstić information content (AvgIpc) is 2.76. The molecule has 1 fully saturated rings. The van der Waals surface area contributed by atoms with Gasteiger partial charge in [0.25, 0.3) is 5.91 Å². The van der Waals surface area contributed by atoms with Crippen LogP contribution in [0.1, 0.15) is 29.8 Å². The van der Waals surface area contributed by atoms with Gasteiger partial charge in [-0.3, -0.25) is 9.59 Å². The molecule has 9 heteroatoms. The highest BCUT2D eigenvalue weighted by Gasteiger charge is 2.25. The van der Waals surface area contributed by atoms with Gasteiger partial charge in [0.1, 0.15) is 11.9 Å². The maximum Gasteiger partial charge on any atom is 0.253 e. The molecule has 1 aromatic heterocycles. The molecular weight excluding hydrogens is 439 g/mol. The van der Waals surface area contributed by atoms with Gasteiger partial charge in [-0.25, -0.2) is 4.98 Å². The number of carbonyl (C=O) groups is 2. The Bertz CT molecular complexity index is 915. The third kappa shape index (κ3) is 6.32. The number of pyridine rings is 1. The van der Waals surface area contributed by atoms with Gasteiger partial charge in [-0.2, -0.15) is 0 Å². The summed E-state index contributed by atoms with van der Waals surface area (Å²) in [6.45, 7) is 7.08. The van der Waals surface area contributed by atoms with Gasteiger partial charge < -0.3 is 20.3 Å². The zero-order chi connectivity index (χ0) is 22.4. The maximum atomic E-state index is 12.8. The number of hydrogen-bond acceptors (Lipinski definition) is 5. The van der Waals surface area contributed by atoms with E-state index in [-0.39, 0.29) is 22.4 Å². The summed E-state index contributed by atoms with van der Waals surface area (Å²) in [6.07, 6.45) is 1.75. The quantitative estimate of drug-likeness (QED) is 0.656. The molecule has 2 aromatic rings. The number of ether oxygens (including phenoxy) is 1. The largest absolute Gasteiger partial charge is 0.378 e. The minimum Gasteiger partial charge on any atom is -0.378 e. The lowest BCUT2D eigenvalue weighted by Crippen LogP contribution is -2.49. The number of rotatable bonds is 7. The van der Waals surface area contributed by atoms with Crippen LogP contribution in [0, 0.1) is 5.92 Å². The van der Waals surface area contributed by atoms with Gasteiger partial charge in [0, 0.05) is 30.9 Å². The first kappa shape index (κ1) is 23.3. The summed E-state index contributed by atoms with van der Waals surface area (Å²) in [7, 11) is 0. The molecule has 0 spiro atoms. The molecule has 7 nitrogen and oxygen atoms in total. The summed E-state index contributed by atoms with van der Waals surface area (Å²) in [4.78, 5) is 32.0. The van der Waals surface area contributed by atoms with Gasteiger partial charge in [-0.05, 0) is 35.7 Å². The molecule has 0 radical (unpaired) electrons. The van der Waals surface area contributed by atoms with Crippen LogP contribution in [0.3, 0.4) is 0 Å². The number of amides is 2. The first-order valence-electron chi connectivity index (χ1n) is 10.2. The van der Waals surface area contributed by atoms with Gasteiger partial charge in [-0.15, -0.1) is 0 Å². The van der Waals surface area contributed by atoms with Crippen molar-refractivity contribution >= 4 is 40.8 Å². The molecular formula is C22H26Cl2N4O3. The second-order valence-corrected chi connectivity index (χ2v) is 8.50. The highest BCUT2D eigenvalue weighted by atomic mass is 35.5. The predicted molar refractivity (Wildman–Crippen MR) is 122 cm³/mol. The molecule has 2 heterocycles. The van der Waals surface area contributed by atoms with Crippen LogP contribution in [0.4, 0.5) is 5.82 Å². The van der Waals surface area contributed by atoms with Gasteiger partial charge in [0.05, 0.1) is 23.8 Å². The summed E-state index contributed by atoms with van der Waals surface area (Å²) >= 11 is 12.0. The predicted octanol–water partition coefficient (Wildman–Crippen LogP) is 3.30. The summed E-state index contributed by atoms with van der Waals surface area (Å²) < 4.78 is 5.36. The van der Waals surface area contributed by atoms with E-state index in [1.54, 1.807) is 12.3 Å². The van der Waals surface area contributed by atoms with E-state index in [1.165, 1.54) is 12.1 Å². The summed E-state index contributed by atoms with van der Waals surface area (Å²) in [5.74, 6) is 0.0835. The molecule has 1 saturated heterocycles. The van der Waals surface area contributed by atoms with Crippen molar-refractivity contribution in [3.05, 3.63) is 57.7 Å². The number of benzene rings is 1. The Morgan fingerprint density at radius 1 is 1.16 bits per heavy atom. The molecule has 1 aromatic carbocycles. The molecule has 2 N–H and O–H groups in total. The van der Waals surface area contributed by atoms with E-state index in [4.69, 9.17) is 27.9 Å². The highest BCUT2D eigenvalue weighted by molar-refractivity contribution is 6.36. The zero-order valence-electron chi connectivity index (χ0n) is 17.5. The van der Waals surface area contributed by atoms with Crippen LogP contribution >= 0.6 is 23.2 Å². The SMILES string of the molecule is CC(C)[C@@H](NC(=O)c1ccc(Cl)cc1Cl)C(=O)NCc1ccc(N2CCOCC2)nc1. The van der Waals surface area contributed by atoms with Crippen molar-refractivity contribution in [2.45, 2.75) is 26.4 Å². The van der Waals surface area contributed by atoms with Gasteiger partial charge in [0.2, 0.25) is 5.91 Å². The second kappa shape index (κ2) is 10.8. The summed E-state index contributed by atoms with van der Waals surface area (Å²) in [6, 6.07) is 7.79. The van der Waals surface area contributed by atoms with Crippen LogP contribution in [0.2, 0.25) is 10.0 Å². The van der Waals surface area contributed by atoms with Crippen molar-refractivity contribution in [2.75, 3.05) is 31.2 Å². The van der Waals surface area contributed by atoms with Crippen molar-refractivity contribution < 1.29 is 14.3 Å². The number of nitrogens with zero attached hydrogens (tertiary/aromatic N) is 2. The van der Waals surface area contributed by atoms with Gasteiger partial charge >= 0.3 is 0 Å². The van der Waals surface area contributed by atoms with Crippen LogP contribution in [0.5, 0.6) is 0 Å². The molecule has 2 amide bonds. The highest BCUT2D eigenvalue weighted by Crippen LogP contribution is 2.21. The number of hydrogen-bond donors (Lipinski definition) is 2. The smallest absolute Gasteiger partial charge is 0.253 e. The van der Waals surface area contributed by atoms with Crippen LogP contribution < -0.4 is 15.5 Å². The van der Waals surface area contributed by atoms with E-state index in [1.807, 2.05) is 26.0 Å². The summed E-state index contributed by atoms with van der Waals surface area (Å²) in [5.41, 5.74) is 1.15. The monoisotopic (exact) mass is 464 g/mol. The van der Waals surface area contributed by atoms with Crippen molar-refractivity contribution in [2.24, 2.45) is 5.92 Å². The molecule has 1 aliphatic heterocycles. The normalized spacial score (nSPS) is 14.9. The van der Waals surface area contributed by atoms with E-state index in [0.717, 1.165) is 24.5 Å². The average molecular weight is 465 g/mol. The fourth-order valence-electron chi connectivity index (χ4n) is 3.23. The second-order valence-electron chi connectivity index (χ2n) is 7.66. The Morgan fingerprint density at radius 3 is 2.52 bits per heavy atom. The minimum atomic E-state index is -0.708. The fourth-order valence-corrected chi connectivity index (χ4v) is 3.72. The van der Waals surface area contributed by atoms with E-state index in [0.29, 0.717) is 24.8 Å². The van der Waals surface area contributed by atoms with Crippen molar-refractivity contribution in [3.8, 4) is 0 Å². The van der Waals surface area contributed by atoms with E-state index >= 15 is 0 Å². The zero-order valence-corrected chi connectivity index (χ0v) is 19.0. The molecule has 166 valence electrons. The Morgan fingerprint density at radius 2 is 1.90 bits per heavy atom. The maximum absolute atomic E-state index is 12.8. The van der Waals surface area contributed by atoms with Crippen LogP contribution in [-0.2, 0) is 16.1 Å². The molecule has 0 saturated carbocycles. The molecule has 0 unspecified atom stereocenters. The molecule has 0 aliphatic carbocycles. The number of nitrogens with one attached hydrogen (secondary N) is 2. The molecule has 1 aliphatic rings. The van der Waals surface area contributed by atoms with Crippen molar-refractivity contribution in [1.82, 2.24) is 15.6 Å². The molecule has 31 heavy (non-hydrogen) atoms. The van der Waals surface area contributed by atoms with Crippen molar-refractivity contribution in [3.63, 3.8) is 0 Å². The lowest BCUT2D eigenvalue weighted by molar-refractivity contribution is -0.124.